The van der Waals surface area contributed by atoms with E-state index in [-0.39, 0.29) is 5.91 Å². The van der Waals surface area contributed by atoms with Crippen molar-refractivity contribution in [2.75, 3.05) is 19.7 Å². The van der Waals surface area contributed by atoms with E-state index in [9.17, 15) is 4.79 Å². The molecule has 1 aliphatic heterocycles. The van der Waals surface area contributed by atoms with Gasteiger partial charge in [-0.2, -0.15) is 0 Å². The maximum atomic E-state index is 12.2. The van der Waals surface area contributed by atoms with Gasteiger partial charge in [-0.15, -0.1) is 0 Å². The van der Waals surface area contributed by atoms with Crippen molar-refractivity contribution in [3.8, 4) is 5.75 Å². The minimum Gasteiger partial charge on any atom is -0.494 e. The Hall–Kier alpha value is -1.62. The molecule has 0 saturated carbocycles. The molecule has 0 unspecified atom stereocenters. The van der Waals surface area contributed by atoms with Crippen molar-refractivity contribution >= 4 is 23.2 Å². The molecule has 5 heteroatoms. The fraction of sp³-hybridized carbons (Fsp3) is 0.529. The second kappa shape index (κ2) is 8.73. The zero-order valence-corrected chi connectivity index (χ0v) is 14.0. The summed E-state index contributed by atoms with van der Waals surface area (Å²) in [5.41, 5.74) is 0.599. The molecule has 1 aliphatic rings. The predicted molar refractivity (Wildman–Crippen MR) is 92.3 cm³/mol. The maximum absolute atomic E-state index is 12.2. The summed E-state index contributed by atoms with van der Waals surface area (Å²) in [6.45, 7) is 4.70. The minimum absolute atomic E-state index is 0.157. The molecular formula is C17H24N2O2S. The first-order valence-electron chi connectivity index (χ1n) is 8.04. The molecule has 0 spiro atoms. The summed E-state index contributed by atoms with van der Waals surface area (Å²) in [6, 6.07) is 7.20. The number of carbonyl (C=O) groups excluding carboxylic acids is 1. The van der Waals surface area contributed by atoms with Crippen LogP contribution in [0.15, 0.2) is 24.3 Å². The highest BCUT2D eigenvalue weighted by Crippen LogP contribution is 2.13. The Morgan fingerprint density at radius 1 is 1.23 bits per heavy atom. The summed E-state index contributed by atoms with van der Waals surface area (Å²) in [5, 5.41) is 3.35. The van der Waals surface area contributed by atoms with Crippen molar-refractivity contribution in [2.24, 2.45) is 0 Å². The zero-order valence-electron chi connectivity index (χ0n) is 13.1. The van der Waals surface area contributed by atoms with Gasteiger partial charge in [0.1, 0.15) is 5.75 Å². The second-order valence-electron chi connectivity index (χ2n) is 5.53. The van der Waals surface area contributed by atoms with E-state index in [1.807, 2.05) is 12.1 Å². The Kier molecular flexibility index (Phi) is 6.65. The van der Waals surface area contributed by atoms with Crippen molar-refractivity contribution in [3.63, 3.8) is 0 Å². The van der Waals surface area contributed by atoms with Crippen molar-refractivity contribution in [3.05, 3.63) is 29.8 Å². The topological polar surface area (TPSA) is 41.6 Å². The summed E-state index contributed by atoms with van der Waals surface area (Å²) >= 11 is 5.32. The standard InChI is InChI=1S/C17H24N2O2S/c1-2-3-13-21-15-9-7-14(8-10-15)16(20)18-17(22)19-11-5-4-6-12-19/h7-10H,2-6,11-13H2,1H3,(H,18,20,22). The van der Waals surface area contributed by atoms with Crippen molar-refractivity contribution < 1.29 is 9.53 Å². The summed E-state index contributed by atoms with van der Waals surface area (Å²) < 4.78 is 5.59. The minimum atomic E-state index is -0.157. The number of piperidine rings is 1. The van der Waals surface area contributed by atoms with E-state index in [4.69, 9.17) is 17.0 Å². The number of likely N-dealkylation sites (tertiary alicyclic amines) is 1. The number of rotatable bonds is 5. The van der Waals surface area contributed by atoms with Gasteiger partial charge in [0.05, 0.1) is 6.61 Å². The third kappa shape index (κ3) is 4.98. The lowest BCUT2D eigenvalue weighted by Crippen LogP contribution is -2.44. The van der Waals surface area contributed by atoms with E-state index >= 15 is 0 Å². The van der Waals surface area contributed by atoms with Crippen LogP contribution in [0.3, 0.4) is 0 Å². The highest BCUT2D eigenvalue weighted by molar-refractivity contribution is 7.80. The Bertz CT molecular complexity index is 496. The van der Waals surface area contributed by atoms with E-state index in [1.165, 1.54) is 6.42 Å². The molecule has 2 rings (SSSR count). The number of nitrogens with zero attached hydrogens (tertiary/aromatic N) is 1. The number of unbranched alkanes of at least 4 members (excludes halogenated alkanes) is 1. The molecule has 120 valence electrons. The first-order valence-corrected chi connectivity index (χ1v) is 8.44. The molecule has 4 nitrogen and oxygen atoms in total. The Morgan fingerprint density at radius 2 is 1.91 bits per heavy atom. The fourth-order valence-electron chi connectivity index (χ4n) is 2.38. The van der Waals surface area contributed by atoms with Gasteiger partial charge in [-0.3, -0.25) is 10.1 Å². The van der Waals surface area contributed by atoms with Crippen LogP contribution < -0.4 is 10.1 Å². The van der Waals surface area contributed by atoms with Gasteiger partial charge in [0.2, 0.25) is 0 Å². The van der Waals surface area contributed by atoms with E-state index in [1.54, 1.807) is 12.1 Å². The number of thiocarbonyl (C=S) groups is 1. The molecule has 1 saturated heterocycles. The molecule has 22 heavy (non-hydrogen) atoms. The van der Waals surface area contributed by atoms with Crippen LogP contribution in [0.4, 0.5) is 0 Å². The van der Waals surface area contributed by atoms with Crippen LogP contribution in [0.1, 0.15) is 49.4 Å². The number of hydrogen-bond acceptors (Lipinski definition) is 3. The van der Waals surface area contributed by atoms with Crippen LogP contribution in [0.5, 0.6) is 5.75 Å². The summed E-state index contributed by atoms with van der Waals surface area (Å²) in [4.78, 5) is 14.3. The van der Waals surface area contributed by atoms with Crippen LogP contribution in [-0.2, 0) is 0 Å². The number of nitrogens with one attached hydrogen (secondary N) is 1. The van der Waals surface area contributed by atoms with Gasteiger partial charge >= 0.3 is 0 Å². The molecule has 1 aromatic rings. The molecule has 1 amide bonds. The van der Waals surface area contributed by atoms with Crippen molar-refractivity contribution in [1.29, 1.82) is 0 Å². The monoisotopic (exact) mass is 320 g/mol. The molecule has 0 aromatic heterocycles. The molecule has 1 N–H and O–H groups in total. The molecule has 1 heterocycles. The molecule has 1 aromatic carbocycles. The molecule has 0 bridgehead atoms. The van der Waals surface area contributed by atoms with Gasteiger partial charge in [0.25, 0.3) is 5.91 Å². The molecular weight excluding hydrogens is 296 g/mol. The second-order valence-corrected chi connectivity index (χ2v) is 5.92. The van der Waals surface area contributed by atoms with Crippen LogP contribution >= 0.6 is 12.2 Å². The van der Waals surface area contributed by atoms with Gasteiger partial charge in [-0.1, -0.05) is 13.3 Å². The van der Waals surface area contributed by atoms with Gasteiger partial charge in [0.15, 0.2) is 5.11 Å². The van der Waals surface area contributed by atoms with Crippen molar-refractivity contribution in [1.82, 2.24) is 10.2 Å². The third-order valence-electron chi connectivity index (χ3n) is 3.75. The highest BCUT2D eigenvalue weighted by atomic mass is 32.1. The average molecular weight is 320 g/mol. The Morgan fingerprint density at radius 3 is 2.55 bits per heavy atom. The van der Waals surface area contributed by atoms with Crippen molar-refractivity contribution in [2.45, 2.75) is 39.0 Å². The SMILES string of the molecule is CCCCOc1ccc(C(=O)NC(=S)N2CCCCC2)cc1. The third-order valence-corrected chi connectivity index (χ3v) is 4.11. The van der Waals surface area contributed by atoms with Gasteiger partial charge < -0.3 is 9.64 Å². The fourth-order valence-corrected chi connectivity index (χ4v) is 2.66. The average Bonchev–Trinajstić information content (AvgIpc) is 2.56. The zero-order chi connectivity index (χ0) is 15.8. The highest BCUT2D eigenvalue weighted by Gasteiger charge is 2.16. The molecule has 0 aliphatic carbocycles. The number of amides is 1. The molecule has 1 fully saturated rings. The maximum Gasteiger partial charge on any atom is 0.257 e. The van der Waals surface area contributed by atoms with Crippen LogP contribution in [0.2, 0.25) is 0 Å². The van der Waals surface area contributed by atoms with E-state index in [0.29, 0.717) is 17.3 Å². The van der Waals surface area contributed by atoms with Crippen LogP contribution in [0.25, 0.3) is 0 Å². The predicted octanol–water partition coefficient (Wildman–Crippen LogP) is 3.37. The Labute approximate surface area is 137 Å². The van der Waals surface area contributed by atoms with Gasteiger partial charge in [-0.05, 0) is 62.2 Å². The van der Waals surface area contributed by atoms with E-state index in [2.05, 4.69) is 17.1 Å². The molecule has 0 radical (unpaired) electrons. The van der Waals surface area contributed by atoms with E-state index in [0.717, 1.165) is 44.5 Å². The summed E-state index contributed by atoms with van der Waals surface area (Å²) in [6.07, 6.45) is 5.66. The number of benzene rings is 1. The lowest BCUT2D eigenvalue weighted by atomic mass is 10.1. The van der Waals surface area contributed by atoms with Crippen LogP contribution in [0, 0.1) is 0 Å². The van der Waals surface area contributed by atoms with E-state index < -0.39 is 0 Å². The Balaban J connectivity index is 1.85. The first-order chi connectivity index (χ1) is 10.7. The quantitative estimate of drug-likeness (QED) is 0.667. The van der Waals surface area contributed by atoms with Gasteiger partial charge in [-0.25, -0.2) is 0 Å². The number of hydrogen-bond donors (Lipinski definition) is 1. The lowest BCUT2D eigenvalue weighted by Gasteiger charge is -2.28. The largest absolute Gasteiger partial charge is 0.494 e. The smallest absolute Gasteiger partial charge is 0.257 e. The summed E-state index contributed by atoms with van der Waals surface area (Å²) in [7, 11) is 0. The first kappa shape index (κ1) is 16.7. The number of carbonyl (C=O) groups is 1. The van der Waals surface area contributed by atoms with Gasteiger partial charge in [0, 0.05) is 18.7 Å². The lowest BCUT2D eigenvalue weighted by molar-refractivity contribution is 0.0972. The number of ether oxygens (including phenoxy) is 1. The van der Waals surface area contributed by atoms with Crippen LogP contribution in [-0.4, -0.2) is 35.6 Å². The normalized spacial score (nSPS) is 14.5. The summed E-state index contributed by atoms with van der Waals surface area (Å²) in [5.74, 6) is 0.638. The molecule has 0 atom stereocenters.